The third-order valence-electron chi connectivity index (χ3n) is 7.34. The summed E-state index contributed by atoms with van der Waals surface area (Å²) in [6, 6.07) is 0. The largest absolute Gasteiger partial charge is 0.383 e. The summed E-state index contributed by atoms with van der Waals surface area (Å²) in [5.41, 5.74) is 5.44. The first-order valence-corrected chi connectivity index (χ1v) is 15.1. The van der Waals surface area contributed by atoms with Gasteiger partial charge in [-0.05, 0) is 32.6 Å². The van der Waals surface area contributed by atoms with Crippen molar-refractivity contribution in [2.24, 2.45) is 0 Å². The average molecular weight is 566 g/mol. The van der Waals surface area contributed by atoms with Gasteiger partial charge in [-0.3, -0.25) is 4.57 Å². The lowest BCUT2D eigenvalue weighted by Crippen LogP contribution is -2.56. The minimum atomic E-state index is -1.55. The highest BCUT2D eigenvalue weighted by Crippen LogP contribution is 2.40. The van der Waals surface area contributed by atoms with Gasteiger partial charge in [-0.1, -0.05) is 53.4 Å². The molecule has 228 valence electrons. The molecule has 0 bridgehead atoms. The van der Waals surface area contributed by atoms with Crippen molar-refractivity contribution in [2.75, 3.05) is 38.8 Å². The Bertz CT molecular complexity index is 989. The number of anilines is 1. The molecule has 0 amide bonds. The Kier molecular flexibility index (Phi) is 13.5. The fraction of sp³-hybridized carbons (Fsp3) is 0.828. The number of hydrogen-bond acceptors (Lipinski definition) is 10. The second kappa shape index (κ2) is 16.5. The van der Waals surface area contributed by atoms with Crippen LogP contribution in [-0.4, -0.2) is 87.7 Å². The highest BCUT2D eigenvalue weighted by molar-refractivity contribution is 5.81. The molecular weight excluding hydrogens is 514 g/mol. The summed E-state index contributed by atoms with van der Waals surface area (Å²) in [6.45, 7) is 12.6. The van der Waals surface area contributed by atoms with Crippen molar-refractivity contribution in [1.29, 1.82) is 0 Å². The number of imidazole rings is 1. The molecule has 1 fully saturated rings. The molecule has 0 radical (unpaired) electrons. The van der Waals surface area contributed by atoms with Crippen molar-refractivity contribution in [3.8, 4) is 0 Å². The molecule has 0 saturated carbocycles. The number of hydrogen-bond donors (Lipinski definition) is 2. The van der Waals surface area contributed by atoms with Crippen LogP contribution in [0.5, 0.6) is 0 Å². The number of aliphatic hydroxyl groups is 1. The van der Waals surface area contributed by atoms with Gasteiger partial charge in [0.05, 0.1) is 12.9 Å². The van der Waals surface area contributed by atoms with Crippen LogP contribution in [0, 0.1) is 0 Å². The summed E-state index contributed by atoms with van der Waals surface area (Å²) in [7, 11) is 0. The Morgan fingerprint density at radius 3 is 2.12 bits per heavy atom. The molecule has 0 spiro atoms. The minimum Gasteiger partial charge on any atom is -0.383 e. The van der Waals surface area contributed by atoms with Crippen LogP contribution in [0.25, 0.3) is 11.2 Å². The van der Waals surface area contributed by atoms with Crippen LogP contribution in [0.3, 0.4) is 0 Å². The molecule has 0 aromatic carbocycles. The fourth-order valence-electron chi connectivity index (χ4n) is 4.94. The molecule has 1 aliphatic rings. The van der Waals surface area contributed by atoms with Crippen LogP contribution in [0.15, 0.2) is 12.7 Å². The molecule has 40 heavy (non-hydrogen) atoms. The maximum Gasteiger partial charge on any atom is 0.168 e. The van der Waals surface area contributed by atoms with Crippen molar-refractivity contribution in [3.63, 3.8) is 0 Å². The molecule has 0 aliphatic carbocycles. The van der Waals surface area contributed by atoms with Gasteiger partial charge >= 0.3 is 0 Å². The molecule has 2 aromatic rings. The summed E-state index contributed by atoms with van der Waals surface area (Å²) in [6.07, 6.45) is 7.14. The fourth-order valence-corrected chi connectivity index (χ4v) is 4.94. The van der Waals surface area contributed by atoms with Gasteiger partial charge in [-0.2, -0.15) is 0 Å². The summed E-state index contributed by atoms with van der Waals surface area (Å²) in [5, 5.41) is 12.4. The summed E-state index contributed by atoms with van der Waals surface area (Å²) in [5.74, 6) is 0.258. The van der Waals surface area contributed by atoms with Crippen molar-refractivity contribution in [2.45, 2.75) is 122 Å². The maximum atomic E-state index is 12.4. The predicted octanol–water partition coefficient (Wildman–Crippen LogP) is 4.43. The Morgan fingerprint density at radius 2 is 1.48 bits per heavy atom. The smallest absolute Gasteiger partial charge is 0.168 e. The van der Waals surface area contributed by atoms with E-state index < -0.39 is 36.2 Å². The van der Waals surface area contributed by atoms with Gasteiger partial charge in [-0.15, -0.1) is 0 Å². The lowest BCUT2D eigenvalue weighted by atomic mass is 9.89. The number of ether oxygens (including phenoxy) is 5. The van der Waals surface area contributed by atoms with Crippen LogP contribution in [0.2, 0.25) is 0 Å². The van der Waals surface area contributed by atoms with E-state index in [1.165, 1.54) is 6.33 Å². The summed E-state index contributed by atoms with van der Waals surface area (Å²) in [4.78, 5) is 12.9. The number of fused-ring (bicyclic) bond motifs is 1. The third-order valence-corrected chi connectivity index (χ3v) is 7.34. The standard InChI is InChI=1S/C29H51N5O6/c1-6-10-14-36-18-21-23(37-15-11-7-2)24(38-16-12-8-3)25(39-17-13-9-4)29(5,35)28(40-21)34-20-33-22-26(30)31-19-32-27(22)34/h19-21,23-25,28,35H,6-18H2,1-5H3,(H2,30,31,32)/t21-,23-,24+,25-,28-,29-/m1/s1. The molecule has 2 aromatic heterocycles. The molecule has 1 aliphatic heterocycles. The Morgan fingerprint density at radius 1 is 0.875 bits per heavy atom. The van der Waals surface area contributed by atoms with E-state index in [2.05, 4.69) is 42.6 Å². The van der Waals surface area contributed by atoms with Crippen LogP contribution >= 0.6 is 0 Å². The highest BCUT2D eigenvalue weighted by Gasteiger charge is 2.55. The van der Waals surface area contributed by atoms with E-state index in [-0.39, 0.29) is 12.4 Å². The number of rotatable bonds is 18. The zero-order valence-corrected chi connectivity index (χ0v) is 25.1. The van der Waals surface area contributed by atoms with Crippen molar-refractivity contribution in [1.82, 2.24) is 19.5 Å². The number of unbranched alkanes of at least 4 members (excludes halogenated alkanes) is 4. The Balaban J connectivity index is 2.11. The van der Waals surface area contributed by atoms with Gasteiger partial charge in [0.2, 0.25) is 0 Å². The van der Waals surface area contributed by atoms with E-state index in [0.717, 1.165) is 51.4 Å². The van der Waals surface area contributed by atoms with Gasteiger partial charge in [0.15, 0.2) is 17.7 Å². The predicted molar refractivity (Wildman–Crippen MR) is 154 cm³/mol. The third kappa shape index (κ3) is 8.10. The molecule has 3 N–H and O–H groups in total. The first-order valence-electron chi connectivity index (χ1n) is 15.1. The summed E-state index contributed by atoms with van der Waals surface area (Å²) >= 11 is 0. The molecular formula is C29H51N5O6. The van der Waals surface area contributed by atoms with E-state index in [4.69, 9.17) is 29.4 Å². The number of nitrogens with two attached hydrogens (primary N) is 1. The van der Waals surface area contributed by atoms with E-state index in [0.29, 0.717) is 37.6 Å². The van der Waals surface area contributed by atoms with Gasteiger partial charge < -0.3 is 34.5 Å². The van der Waals surface area contributed by atoms with Gasteiger partial charge in [0.1, 0.15) is 41.9 Å². The summed E-state index contributed by atoms with van der Waals surface area (Å²) < 4.78 is 34.1. The molecule has 6 atom stereocenters. The number of nitrogen functional groups attached to an aromatic ring is 1. The Labute approximate surface area is 239 Å². The van der Waals surface area contributed by atoms with E-state index in [9.17, 15) is 5.11 Å². The van der Waals surface area contributed by atoms with Gasteiger partial charge in [-0.25, -0.2) is 15.0 Å². The van der Waals surface area contributed by atoms with Crippen LogP contribution in [0.4, 0.5) is 5.82 Å². The lowest BCUT2D eigenvalue weighted by molar-refractivity contribution is -0.214. The number of nitrogens with zero attached hydrogens (tertiary/aromatic N) is 4. The monoisotopic (exact) mass is 565 g/mol. The quantitative estimate of drug-likeness (QED) is 0.250. The second-order valence-corrected chi connectivity index (χ2v) is 10.8. The first-order chi connectivity index (χ1) is 19.4. The van der Waals surface area contributed by atoms with Crippen molar-refractivity contribution < 1.29 is 28.8 Å². The number of aromatic nitrogens is 4. The Hall–Kier alpha value is -1.89. The molecule has 11 heteroatoms. The average Bonchev–Trinajstić information content (AvgIpc) is 3.34. The lowest BCUT2D eigenvalue weighted by Gasteiger charge is -2.40. The molecule has 11 nitrogen and oxygen atoms in total. The highest BCUT2D eigenvalue weighted by atomic mass is 16.6. The van der Waals surface area contributed by atoms with Gasteiger partial charge in [0, 0.05) is 26.4 Å². The van der Waals surface area contributed by atoms with E-state index >= 15 is 0 Å². The van der Waals surface area contributed by atoms with Crippen molar-refractivity contribution in [3.05, 3.63) is 12.7 Å². The molecule has 1 saturated heterocycles. The second-order valence-electron chi connectivity index (χ2n) is 10.8. The first kappa shape index (κ1) is 32.6. The molecule has 3 heterocycles. The van der Waals surface area contributed by atoms with Crippen molar-refractivity contribution >= 4 is 17.0 Å². The molecule has 3 rings (SSSR count). The maximum absolute atomic E-state index is 12.4. The normalized spacial score (nSPS) is 27.3. The molecule has 0 unspecified atom stereocenters. The van der Waals surface area contributed by atoms with Crippen LogP contribution < -0.4 is 5.73 Å². The SMILES string of the molecule is CCCCOC[C@H]1O[C@@H](n2cnc3c(N)ncnc32)[C@](C)(O)[C@H](OCCCC)[C@@H](OCCCC)[C@@H]1OCCCC. The van der Waals surface area contributed by atoms with E-state index in [1.54, 1.807) is 17.8 Å². The van der Waals surface area contributed by atoms with Crippen LogP contribution in [0.1, 0.15) is 92.2 Å². The topological polar surface area (TPSA) is 136 Å². The zero-order valence-electron chi connectivity index (χ0n) is 25.1. The van der Waals surface area contributed by atoms with Crippen LogP contribution in [-0.2, 0) is 23.7 Å². The zero-order chi connectivity index (χ0) is 29.0. The minimum absolute atomic E-state index is 0.258. The van der Waals surface area contributed by atoms with E-state index in [1.807, 2.05) is 0 Å². The van der Waals surface area contributed by atoms with Gasteiger partial charge in [0.25, 0.3) is 0 Å².